The Balaban J connectivity index is 1.73. The van der Waals surface area contributed by atoms with Crippen molar-refractivity contribution in [2.45, 2.75) is 23.8 Å². The summed E-state index contributed by atoms with van der Waals surface area (Å²) in [5.41, 5.74) is 5.79. The lowest BCUT2D eigenvalue weighted by atomic mass is 9.54. The third kappa shape index (κ3) is 1.80. The number of rotatable bonds is 2. The highest BCUT2D eigenvalue weighted by molar-refractivity contribution is 5.55. The second-order valence-corrected chi connectivity index (χ2v) is 7.49. The molecule has 1 aromatic carbocycles. The smallest absolute Gasteiger partial charge is 0.190 e. The molecule has 5 heterocycles. The summed E-state index contributed by atoms with van der Waals surface area (Å²) in [5, 5.41) is 10.1. The molecule has 2 aliphatic heterocycles. The normalized spacial score (nSPS) is 21.6. The lowest BCUT2D eigenvalue weighted by Gasteiger charge is -2.48. The van der Waals surface area contributed by atoms with Gasteiger partial charge < -0.3 is 13.9 Å². The molecule has 1 N–H and O–H groups in total. The van der Waals surface area contributed by atoms with Crippen molar-refractivity contribution in [1.82, 2.24) is 0 Å². The van der Waals surface area contributed by atoms with Gasteiger partial charge in [0, 0.05) is 35.2 Å². The van der Waals surface area contributed by atoms with E-state index < -0.39 is 0 Å². The van der Waals surface area contributed by atoms with Crippen LogP contribution in [-0.4, -0.2) is 5.11 Å². The largest absolute Gasteiger partial charge is 0.508 e. The Morgan fingerprint density at radius 1 is 0.926 bits per heavy atom. The van der Waals surface area contributed by atoms with Crippen molar-refractivity contribution in [1.29, 1.82) is 0 Å². The van der Waals surface area contributed by atoms with E-state index in [9.17, 15) is 5.11 Å². The molecule has 2 atom stereocenters. The van der Waals surface area contributed by atoms with Gasteiger partial charge in [0.05, 0.1) is 36.4 Å². The number of aromatic nitrogens is 1. The van der Waals surface area contributed by atoms with E-state index in [1.54, 1.807) is 18.6 Å². The number of phenolic OH excluding ortho intramolecular Hbond substituents is 1. The molecule has 0 spiro atoms. The van der Waals surface area contributed by atoms with E-state index in [4.69, 9.17) is 8.83 Å². The van der Waals surface area contributed by atoms with Crippen molar-refractivity contribution in [2.75, 3.05) is 0 Å². The standard InChI is InChI=1S/C23H17NO3/c25-17-4-5-18-19(11-17)21-12-23(15-6-9-26-13-15,16-7-10-27-14-16)22(18)20-3-1-2-8-24(20)21/h1-11,13-14,21-22H,12H2/p+1/t21-,22+/m0/s1. The lowest BCUT2D eigenvalue weighted by molar-refractivity contribution is -0.732. The average molecular weight is 356 g/mol. The summed E-state index contributed by atoms with van der Waals surface area (Å²) in [6.45, 7) is 0. The van der Waals surface area contributed by atoms with Gasteiger partial charge in [0.2, 0.25) is 0 Å². The molecule has 7 rings (SSSR count). The summed E-state index contributed by atoms with van der Waals surface area (Å²) in [5.74, 6) is 0.422. The predicted octanol–water partition coefficient (Wildman–Crippen LogP) is 4.29. The molecule has 4 heteroatoms. The van der Waals surface area contributed by atoms with E-state index in [1.807, 2.05) is 18.6 Å². The number of fused-ring (bicyclic) bond motifs is 1. The average Bonchev–Trinajstić information content (AvgIpc) is 3.42. The number of hydrogen-bond donors (Lipinski definition) is 1. The number of aromatic hydroxyl groups is 1. The maximum absolute atomic E-state index is 10.1. The summed E-state index contributed by atoms with van der Waals surface area (Å²) in [6.07, 6.45) is 10.2. The van der Waals surface area contributed by atoms with Crippen LogP contribution in [0.4, 0.5) is 0 Å². The summed E-state index contributed by atoms with van der Waals surface area (Å²) < 4.78 is 13.4. The quantitative estimate of drug-likeness (QED) is 0.545. The first-order valence-corrected chi connectivity index (χ1v) is 9.17. The van der Waals surface area contributed by atoms with E-state index in [-0.39, 0.29) is 17.4 Å². The second kappa shape index (κ2) is 5.13. The molecule has 0 saturated carbocycles. The minimum absolute atomic E-state index is 0.106. The molecule has 27 heavy (non-hydrogen) atoms. The van der Waals surface area contributed by atoms with Crippen LogP contribution in [0, 0.1) is 0 Å². The fourth-order valence-corrected chi connectivity index (χ4v) is 5.34. The van der Waals surface area contributed by atoms with E-state index in [0.717, 1.165) is 17.5 Å². The highest BCUT2D eigenvalue weighted by atomic mass is 16.3. The summed E-state index contributed by atoms with van der Waals surface area (Å²) in [6, 6.07) is 16.5. The second-order valence-electron chi connectivity index (χ2n) is 7.49. The van der Waals surface area contributed by atoms with Gasteiger partial charge in [0.1, 0.15) is 5.75 Å². The molecular formula is C23H18NO3+. The number of benzene rings is 1. The van der Waals surface area contributed by atoms with Crippen molar-refractivity contribution in [2.24, 2.45) is 0 Å². The van der Waals surface area contributed by atoms with Crippen LogP contribution in [0.3, 0.4) is 0 Å². The minimum atomic E-state index is -0.268. The van der Waals surface area contributed by atoms with E-state index >= 15 is 0 Å². The van der Waals surface area contributed by atoms with Gasteiger partial charge in [0.15, 0.2) is 17.9 Å². The van der Waals surface area contributed by atoms with Crippen LogP contribution in [0.1, 0.15) is 46.3 Å². The molecular weight excluding hydrogens is 338 g/mol. The van der Waals surface area contributed by atoms with Crippen LogP contribution in [0.25, 0.3) is 0 Å². The first-order chi connectivity index (χ1) is 13.3. The van der Waals surface area contributed by atoms with Gasteiger partial charge in [0.25, 0.3) is 0 Å². The molecule has 3 aliphatic rings. The molecule has 0 fully saturated rings. The molecule has 0 saturated heterocycles. The molecule has 0 radical (unpaired) electrons. The Bertz CT molecular complexity index is 1090. The SMILES string of the molecule is Oc1ccc2c(c1)[C@@H]1CC(c3ccoc3)(c3ccoc3)[C@H]2c2cccc[n+]21. The highest BCUT2D eigenvalue weighted by Gasteiger charge is 2.60. The van der Waals surface area contributed by atoms with Gasteiger partial charge in [-0.2, -0.15) is 4.57 Å². The first-order valence-electron chi connectivity index (χ1n) is 9.17. The maximum atomic E-state index is 10.1. The van der Waals surface area contributed by atoms with Crippen molar-refractivity contribution in [3.8, 4) is 5.75 Å². The maximum Gasteiger partial charge on any atom is 0.190 e. The van der Waals surface area contributed by atoms with Gasteiger partial charge in [-0.3, -0.25) is 0 Å². The van der Waals surface area contributed by atoms with Gasteiger partial charge in [-0.05, 0) is 29.8 Å². The van der Waals surface area contributed by atoms with Gasteiger partial charge in [-0.1, -0.05) is 12.1 Å². The predicted molar refractivity (Wildman–Crippen MR) is 97.5 cm³/mol. The van der Waals surface area contributed by atoms with Gasteiger partial charge in [-0.15, -0.1) is 0 Å². The van der Waals surface area contributed by atoms with Crippen LogP contribution in [-0.2, 0) is 5.41 Å². The Morgan fingerprint density at radius 2 is 1.70 bits per heavy atom. The fourth-order valence-electron chi connectivity index (χ4n) is 5.34. The molecule has 3 aromatic heterocycles. The van der Waals surface area contributed by atoms with Crippen molar-refractivity contribution in [3.63, 3.8) is 0 Å². The molecule has 0 amide bonds. The zero-order valence-corrected chi connectivity index (χ0v) is 14.6. The zero-order chi connectivity index (χ0) is 18.0. The first kappa shape index (κ1) is 14.9. The number of furan rings is 2. The van der Waals surface area contributed by atoms with Crippen molar-refractivity contribution >= 4 is 0 Å². The Kier molecular flexibility index (Phi) is 2.82. The van der Waals surface area contributed by atoms with E-state index in [2.05, 4.69) is 47.2 Å². The number of phenols is 1. The third-order valence-electron chi connectivity index (χ3n) is 6.38. The van der Waals surface area contributed by atoms with E-state index in [1.165, 1.54) is 16.8 Å². The van der Waals surface area contributed by atoms with Crippen LogP contribution >= 0.6 is 0 Å². The number of hydrogen-bond acceptors (Lipinski definition) is 3. The molecule has 132 valence electrons. The van der Waals surface area contributed by atoms with E-state index in [0.29, 0.717) is 5.75 Å². The molecule has 0 unspecified atom stereocenters. The molecule has 1 aliphatic carbocycles. The number of pyridine rings is 1. The zero-order valence-electron chi connectivity index (χ0n) is 14.6. The lowest BCUT2D eigenvalue weighted by Crippen LogP contribution is -2.59. The Labute approximate surface area is 156 Å². The van der Waals surface area contributed by atoms with Crippen LogP contribution in [0.5, 0.6) is 5.75 Å². The van der Waals surface area contributed by atoms with Crippen LogP contribution in [0.2, 0.25) is 0 Å². The highest BCUT2D eigenvalue weighted by Crippen LogP contribution is 2.59. The third-order valence-corrected chi connectivity index (χ3v) is 6.38. The van der Waals surface area contributed by atoms with Crippen LogP contribution in [0.15, 0.2) is 88.6 Å². The molecule has 2 bridgehead atoms. The van der Waals surface area contributed by atoms with Crippen molar-refractivity contribution in [3.05, 3.63) is 108 Å². The van der Waals surface area contributed by atoms with Crippen LogP contribution < -0.4 is 4.57 Å². The monoisotopic (exact) mass is 356 g/mol. The topological polar surface area (TPSA) is 50.4 Å². The summed E-state index contributed by atoms with van der Waals surface area (Å²) in [4.78, 5) is 0. The van der Waals surface area contributed by atoms with Gasteiger partial charge >= 0.3 is 0 Å². The Morgan fingerprint density at radius 3 is 2.41 bits per heavy atom. The fraction of sp³-hybridized carbons (Fsp3) is 0.174. The minimum Gasteiger partial charge on any atom is -0.508 e. The molecule has 4 nitrogen and oxygen atoms in total. The number of nitrogens with zero attached hydrogens (tertiary/aromatic N) is 1. The Hall–Kier alpha value is -3.27. The molecule has 4 aromatic rings. The summed E-state index contributed by atoms with van der Waals surface area (Å²) >= 11 is 0. The summed E-state index contributed by atoms with van der Waals surface area (Å²) in [7, 11) is 0. The van der Waals surface area contributed by atoms with Crippen molar-refractivity contribution < 1.29 is 18.5 Å². The van der Waals surface area contributed by atoms with Gasteiger partial charge in [-0.25, -0.2) is 0 Å².